The van der Waals surface area contributed by atoms with Crippen molar-refractivity contribution in [1.82, 2.24) is 24.5 Å². The van der Waals surface area contributed by atoms with E-state index in [1.54, 1.807) is 29.4 Å². The fourth-order valence-corrected chi connectivity index (χ4v) is 6.34. The van der Waals surface area contributed by atoms with Crippen LogP contribution in [-0.2, 0) is 10.0 Å². The molecule has 1 fully saturated rings. The Morgan fingerprint density at radius 2 is 1.97 bits per heavy atom. The molecule has 202 valence electrons. The number of ether oxygens (including phenoxy) is 1. The number of carbonyl (C=O) groups excluding carboxylic acids is 1. The van der Waals surface area contributed by atoms with Crippen LogP contribution in [0.2, 0.25) is 0 Å². The summed E-state index contributed by atoms with van der Waals surface area (Å²) in [4.78, 5) is 24.5. The van der Waals surface area contributed by atoms with Gasteiger partial charge in [-0.15, -0.1) is 0 Å². The minimum Gasteiger partial charge on any atom is -0.492 e. The summed E-state index contributed by atoms with van der Waals surface area (Å²) in [6, 6.07) is 8.67. The number of β-amino-alcohol motifs (C(OH)–C–C–N with tert-alkyl or cyclic N) is 1. The number of likely N-dealkylation sites (tertiary alicyclic amines) is 1. The van der Waals surface area contributed by atoms with Crippen molar-refractivity contribution < 1.29 is 27.5 Å². The molecule has 2 N–H and O–H groups in total. The van der Waals surface area contributed by atoms with Crippen molar-refractivity contribution in [1.29, 1.82) is 0 Å². The Morgan fingerprint density at radius 1 is 1.16 bits per heavy atom. The van der Waals surface area contributed by atoms with Gasteiger partial charge in [0.25, 0.3) is 5.91 Å². The van der Waals surface area contributed by atoms with E-state index in [-0.39, 0.29) is 47.4 Å². The van der Waals surface area contributed by atoms with E-state index < -0.39 is 16.1 Å². The van der Waals surface area contributed by atoms with Crippen LogP contribution in [0.1, 0.15) is 23.4 Å². The van der Waals surface area contributed by atoms with Gasteiger partial charge in [-0.25, -0.2) is 18.1 Å². The number of sulfonamides is 1. The standard InChI is InChI=1S/C26H31N5O6S/c1-30-15-21(32)13-29-38(34,35)24-5-4-19(20-3-2-8-27-12-20)11-22(24)36-17-26(16-30)6-9-31(10-7-26)25(33)23-14-28-18-37-23/h2-5,8,11-12,14,18,21,29,32H,6-7,9-10,13,15-17H2,1H3. The van der Waals surface area contributed by atoms with Crippen LogP contribution >= 0.6 is 0 Å². The van der Waals surface area contributed by atoms with Gasteiger partial charge in [-0.2, -0.15) is 0 Å². The average Bonchev–Trinajstić information content (AvgIpc) is 3.46. The normalized spacial score (nSPS) is 22.1. The molecule has 1 aromatic carbocycles. The van der Waals surface area contributed by atoms with Crippen LogP contribution in [-0.4, -0.2) is 91.7 Å². The van der Waals surface area contributed by atoms with Gasteiger partial charge < -0.3 is 24.1 Å². The number of oxazole rings is 1. The van der Waals surface area contributed by atoms with Crippen molar-refractivity contribution in [2.45, 2.75) is 23.8 Å². The van der Waals surface area contributed by atoms with E-state index in [1.165, 1.54) is 18.7 Å². The van der Waals surface area contributed by atoms with Crippen LogP contribution in [0.3, 0.4) is 0 Å². The average molecular weight is 542 g/mol. The molecule has 12 heteroatoms. The van der Waals surface area contributed by atoms with Gasteiger partial charge in [-0.05, 0) is 43.7 Å². The van der Waals surface area contributed by atoms with Crippen LogP contribution in [0.15, 0.2) is 64.6 Å². The smallest absolute Gasteiger partial charge is 0.291 e. The lowest BCUT2D eigenvalue weighted by Gasteiger charge is -2.43. The number of carbonyl (C=O) groups is 1. The zero-order valence-corrected chi connectivity index (χ0v) is 21.9. The molecular weight excluding hydrogens is 510 g/mol. The fourth-order valence-electron chi connectivity index (χ4n) is 5.14. The van der Waals surface area contributed by atoms with Crippen LogP contribution in [0.5, 0.6) is 5.75 Å². The van der Waals surface area contributed by atoms with Gasteiger partial charge in [0.05, 0.1) is 18.9 Å². The number of nitrogens with zero attached hydrogens (tertiary/aromatic N) is 4. The van der Waals surface area contributed by atoms with Gasteiger partial charge in [0, 0.05) is 56.1 Å². The van der Waals surface area contributed by atoms with Crippen molar-refractivity contribution in [3.05, 3.63) is 61.1 Å². The van der Waals surface area contributed by atoms with Crippen molar-refractivity contribution >= 4 is 15.9 Å². The van der Waals surface area contributed by atoms with Crippen LogP contribution in [0, 0.1) is 5.41 Å². The number of amides is 1. The van der Waals surface area contributed by atoms with E-state index >= 15 is 0 Å². The molecule has 1 unspecified atom stereocenters. The molecule has 0 aliphatic carbocycles. The Kier molecular flexibility index (Phi) is 7.48. The SMILES string of the molecule is CN1CC(O)CNS(=O)(=O)c2ccc(-c3cccnc3)cc2OCC2(CCN(C(=O)c3cnco3)CC2)C1. The molecule has 1 spiro atoms. The van der Waals surface area contributed by atoms with Gasteiger partial charge in [0.2, 0.25) is 15.8 Å². The van der Waals surface area contributed by atoms with E-state index in [4.69, 9.17) is 9.15 Å². The zero-order chi connectivity index (χ0) is 26.8. The number of hydrogen-bond acceptors (Lipinski definition) is 9. The first kappa shape index (κ1) is 26.3. The third kappa shape index (κ3) is 5.73. The molecule has 1 amide bonds. The summed E-state index contributed by atoms with van der Waals surface area (Å²) in [5.41, 5.74) is 1.24. The maximum atomic E-state index is 13.2. The first-order chi connectivity index (χ1) is 18.2. The molecule has 2 aromatic heterocycles. The zero-order valence-electron chi connectivity index (χ0n) is 21.1. The van der Waals surface area contributed by atoms with Gasteiger partial charge in [0.1, 0.15) is 10.6 Å². The lowest BCUT2D eigenvalue weighted by molar-refractivity contribution is 0.0149. The molecule has 3 aromatic rings. The maximum absolute atomic E-state index is 13.2. The number of aliphatic hydroxyl groups excluding tert-OH is 1. The lowest BCUT2D eigenvalue weighted by Crippen LogP contribution is -2.51. The summed E-state index contributed by atoms with van der Waals surface area (Å²) in [5, 5.41) is 10.6. The van der Waals surface area contributed by atoms with Crippen LogP contribution < -0.4 is 9.46 Å². The Balaban J connectivity index is 1.45. The number of hydrogen-bond donors (Lipinski definition) is 2. The molecule has 1 atom stereocenters. The second kappa shape index (κ2) is 10.8. The topological polar surface area (TPSA) is 138 Å². The predicted molar refractivity (Wildman–Crippen MR) is 138 cm³/mol. The van der Waals surface area contributed by atoms with Crippen molar-refractivity contribution in [2.75, 3.05) is 46.4 Å². The summed E-state index contributed by atoms with van der Waals surface area (Å²) in [5.74, 6) is 0.223. The molecule has 0 bridgehead atoms. The molecule has 0 saturated carbocycles. The van der Waals surface area contributed by atoms with Crippen molar-refractivity contribution in [2.24, 2.45) is 5.41 Å². The summed E-state index contributed by atoms with van der Waals surface area (Å²) >= 11 is 0. The lowest BCUT2D eigenvalue weighted by atomic mass is 9.78. The van der Waals surface area contributed by atoms with E-state index in [1.807, 2.05) is 24.1 Å². The second-order valence-electron chi connectivity index (χ2n) is 10.1. The summed E-state index contributed by atoms with van der Waals surface area (Å²) in [7, 11) is -2.05. The molecule has 2 aliphatic heterocycles. The Labute approximate surface area is 221 Å². The van der Waals surface area contributed by atoms with Crippen molar-refractivity contribution in [3.63, 3.8) is 0 Å². The van der Waals surface area contributed by atoms with Gasteiger partial charge in [-0.3, -0.25) is 9.78 Å². The summed E-state index contributed by atoms with van der Waals surface area (Å²) < 4.78 is 40.4. The highest BCUT2D eigenvalue weighted by atomic mass is 32.2. The second-order valence-corrected chi connectivity index (χ2v) is 11.8. The van der Waals surface area contributed by atoms with Gasteiger partial charge >= 0.3 is 0 Å². The van der Waals surface area contributed by atoms with E-state index in [9.17, 15) is 18.3 Å². The monoisotopic (exact) mass is 541 g/mol. The minimum absolute atomic E-state index is 0.0133. The van der Waals surface area contributed by atoms with Crippen LogP contribution in [0.4, 0.5) is 0 Å². The number of aliphatic hydroxyl groups is 1. The number of pyridine rings is 1. The Bertz CT molecular complexity index is 1360. The summed E-state index contributed by atoms with van der Waals surface area (Å²) in [6.45, 7) is 2.00. The molecular formula is C26H31N5O6S. The van der Waals surface area contributed by atoms with Gasteiger partial charge in [-0.1, -0.05) is 12.1 Å². The van der Waals surface area contributed by atoms with Gasteiger partial charge in [0.15, 0.2) is 6.39 Å². The first-order valence-electron chi connectivity index (χ1n) is 12.5. The van der Waals surface area contributed by atoms with E-state index in [0.717, 1.165) is 11.1 Å². The third-order valence-corrected chi connectivity index (χ3v) is 8.62. The summed E-state index contributed by atoms with van der Waals surface area (Å²) in [6.07, 6.45) is 6.40. The number of nitrogens with one attached hydrogen (secondary N) is 1. The highest BCUT2D eigenvalue weighted by molar-refractivity contribution is 7.89. The molecule has 4 heterocycles. The quantitative estimate of drug-likeness (QED) is 0.496. The predicted octanol–water partition coefficient (Wildman–Crippen LogP) is 1.62. The van der Waals surface area contributed by atoms with E-state index in [0.29, 0.717) is 32.5 Å². The Hall–Kier alpha value is -3.32. The van der Waals surface area contributed by atoms with Crippen LogP contribution in [0.25, 0.3) is 11.1 Å². The van der Waals surface area contributed by atoms with E-state index in [2.05, 4.69) is 14.7 Å². The molecule has 2 aliphatic rings. The number of benzene rings is 1. The number of fused-ring (bicyclic) bond motifs is 1. The third-order valence-electron chi connectivity index (χ3n) is 7.15. The first-order valence-corrected chi connectivity index (χ1v) is 13.9. The molecule has 5 rings (SSSR count). The number of piperidine rings is 1. The fraction of sp³-hybridized carbons (Fsp3) is 0.423. The molecule has 1 saturated heterocycles. The number of aromatic nitrogens is 2. The number of likely N-dealkylation sites (N-methyl/N-ethyl adjacent to an activating group) is 1. The van der Waals surface area contributed by atoms with Crippen molar-refractivity contribution in [3.8, 4) is 16.9 Å². The minimum atomic E-state index is -3.94. The molecule has 38 heavy (non-hydrogen) atoms. The largest absolute Gasteiger partial charge is 0.492 e. The highest BCUT2D eigenvalue weighted by Gasteiger charge is 2.39. The molecule has 0 radical (unpaired) electrons. The molecule has 11 nitrogen and oxygen atoms in total. The maximum Gasteiger partial charge on any atom is 0.291 e. The number of rotatable bonds is 2. The Morgan fingerprint density at radius 3 is 2.68 bits per heavy atom. The highest BCUT2D eigenvalue weighted by Crippen LogP contribution is 2.37.